The zero-order chi connectivity index (χ0) is 17.8. The Kier molecular flexibility index (Phi) is 5.16. The summed E-state index contributed by atoms with van der Waals surface area (Å²) in [6, 6.07) is 9.92. The predicted octanol–water partition coefficient (Wildman–Crippen LogP) is 2.59. The van der Waals surface area contributed by atoms with E-state index in [0.717, 1.165) is 31.2 Å². The molecule has 1 aromatic carbocycles. The number of nitrogens with zero attached hydrogens (tertiary/aromatic N) is 3. The molecule has 3 aromatic rings. The van der Waals surface area contributed by atoms with Crippen LogP contribution >= 0.6 is 0 Å². The second kappa shape index (κ2) is 7.51. The van der Waals surface area contributed by atoms with Crippen molar-refractivity contribution in [1.82, 2.24) is 19.1 Å². The van der Waals surface area contributed by atoms with Crippen molar-refractivity contribution in [3.05, 3.63) is 62.6 Å². The van der Waals surface area contributed by atoms with Crippen LogP contribution in [0.4, 0.5) is 0 Å². The zero-order valence-corrected chi connectivity index (χ0v) is 14.8. The number of imidazole rings is 1. The van der Waals surface area contributed by atoms with E-state index in [1.807, 2.05) is 30.3 Å². The van der Waals surface area contributed by atoms with E-state index in [1.165, 1.54) is 9.13 Å². The first kappa shape index (κ1) is 17.2. The van der Waals surface area contributed by atoms with Crippen molar-refractivity contribution in [3.63, 3.8) is 0 Å². The highest BCUT2D eigenvalue weighted by molar-refractivity contribution is 5.69. The predicted molar refractivity (Wildman–Crippen MR) is 99.0 cm³/mol. The summed E-state index contributed by atoms with van der Waals surface area (Å²) in [5.74, 6) is 0.692. The topological polar surface area (TPSA) is 72.7 Å². The lowest BCUT2D eigenvalue weighted by molar-refractivity contribution is 0.539. The fourth-order valence-corrected chi connectivity index (χ4v) is 3.06. The largest absolute Gasteiger partial charge is 0.336 e. The quantitative estimate of drug-likeness (QED) is 0.672. The van der Waals surface area contributed by atoms with Gasteiger partial charge in [-0.15, -0.1) is 0 Å². The summed E-state index contributed by atoms with van der Waals surface area (Å²) in [5, 5.41) is 0. The third-order valence-electron chi connectivity index (χ3n) is 4.48. The maximum absolute atomic E-state index is 12.7. The molecule has 0 aliphatic carbocycles. The maximum atomic E-state index is 12.7. The molecule has 0 radical (unpaired) electrons. The normalized spacial score (nSPS) is 11.3. The summed E-state index contributed by atoms with van der Waals surface area (Å²) in [4.78, 5) is 32.8. The molecule has 6 heteroatoms. The van der Waals surface area contributed by atoms with E-state index in [1.54, 1.807) is 7.05 Å². The minimum atomic E-state index is -0.299. The Labute approximate surface area is 146 Å². The molecule has 6 nitrogen and oxygen atoms in total. The van der Waals surface area contributed by atoms with Crippen LogP contribution in [0.5, 0.6) is 0 Å². The van der Waals surface area contributed by atoms with Crippen LogP contribution in [-0.4, -0.2) is 19.1 Å². The number of hydrogen-bond donors (Lipinski definition) is 1. The van der Waals surface area contributed by atoms with Gasteiger partial charge in [0.05, 0.1) is 0 Å². The lowest BCUT2D eigenvalue weighted by Gasteiger charge is -2.07. The van der Waals surface area contributed by atoms with Crippen molar-refractivity contribution >= 4 is 11.2 Å². The summed E-state index contributed by atoms with van der Waals surface area (Å²) >= 11 is 0. The van der Waals surface area contributed by atoms with Crippen molar-refractivity contribution in [2.24, 2.45) is 7.05 Å². The Bertz CT molecular complexity index is 967. The van der Waals surface area contributed by atoms with E-state index in [-0.39, 0.29) is 11.2 Å². The monoisotopic (exact) mass is 340 g/mol. The Morgan fingerprint density at radius 3 is 2.56 bits per heavy atom. The second-order valence-corrected chi connectivity index (χ2v) is 6.40. The van der Waals surface area contributed by atoms with Crippen LogP contribution in [0, 0.1) is 0 Å². The first-order valence-electron chi connectivity index (χ1n) is 8.84. The number of hydrogen-bond acceptors (Lipinski definition) is 3. The molecule has 0 saturated carbocycles. The maximum Gasteiger partial charge on any atom is 0.332 e. The van der Waals surface area contributed by atoms with Gasteiger partial charge < -0.3 is 4.98 Å². The van der Waals surface area contributed by atoms with Crippen LogP contribution in [-0.2, 0) is 20.0 Å². The Balaban J connectivity index is 1.96. The molecule has 0 amide bonds. The van der Waals surface area contributed by atoms with Gasteiger partial charge in [0.2, 0.25) is 0 Å². The summed E-state index contributed by atoms with van der Waals surface area (Å²) in [6.45, 7) is 2.59. The highest BCUT2D eigenvalue weighted by Crippen LogP contribution is 2.10. The molecule has 0 aliphatic rings. The van der Waals surface area contributed by atoms with Gasteiger partial charge >= 0.3 is 5.69 Å². The number of H-pyrrole nitrogens is 1. The highest BCUT2D eigenvalue weighted by Gasteiger charge is 2.15. The van der Waals surface area contributed by atoms with E-state index < -0.39 is 0 Å². The molecule has 3 rings (SSSR count). The lowest BCUT2D eigenvalue weighted by atomic mass is 10.1. The van der Waals surface area contributed by atoms with Crippen molar-refractivity contribution in [2.75, 3.05) is 0 Å². The van der Waals surface area contributed by atoms with Gasteiger partial charge in [-0.05, 0) is 12.0 Å². The molecule has 1 N–H and O–H groups in total. The average molecular weight is 340 g/mol. The first-order chi connectivity index (χ1) is 12.1. The molecule has 2 heterocycles. The van der Waals surface area contributed by atoms with E-state index in [9.17, 15) is 9.59 Å². The van der Waals surface area contributed by atoms with Gasteiger partial charge in [0.15, 0.2) is 5.65 Å². The second-order valence-electron chi connectivity index (χ2n) is 6.40. The zero-order valence-electron chi connectivity index (χ0n) is 14.8. The number of aryl methyl sites for hydroxylation is 1. The fourth-order valence-electron chi connectivity index (χ4n) is 3.06. The standard InChI is InChI=1S/C19H24N4O2/c1-3-4-5-9-12-23-18(24)16-17(22(2)19(23)25)21-15(20-16)13-14-10-7-6-8-11-14/h6-8,10-11H,3-5,9,12-13H2,1-2H3,(H,20,21). The molecule has 0 fully saturated rings. The third-order valence-corrected chi connectivity index (χ3v) is 4.48. The summed E-state index contributed by atoms with van der Waals surface area (Å²) in [5.41, 5.74) is 1.36. The molecule has 0 saturated heterocycles. The Morgan fingerprint density at radius 1 is 1.08 bits per heavy atom. The molecule has 0 bridgehead atoms. The number of nitrogens with one attached hydrogen (secondary N) is 1. The number of aromatic amines is 1. The van der Waals surface area contributed by atoms with Gasteiger partial charge in [-0.25, -0.2) is 9.78 Å². The highest BCUT2D eigenvalue weighted by atomic mass is 16.2. The van der Waals surface area contributed by atoms with E-state index in [2.05, 4.69) is 16.9 Å². The van der Waals surface area contributed by atoms with Crippen LogP contribution in [0.2, 0.25) is 0 Å². The molecule has 2 aromatic heterocycles. The molecule has 132 valence electrons. The smallest absolute Gasteiger partial charge is 0.332 e. The number of aromatic nitrogens is 4. The molecule has 0 aliphatic heterocycles. The van der Waals surface area contributed by atoms with Gasteiger partial charge in [0.25, 0.3) is 5.56 Å². The minimum absolute atomic E-state index is 0.276. The molecular weight excluding hydrogens is 316 g/mol. The van der Waals surface area contributed by atoms with Gasteiger partial charge in [0, 0.05) is 20.0 Å². The van der Waals surface area contributed by atoms with E-state index in [4.69, 9.17) is 0 Å². The lowest BCUT2D eigenvalue weighted by Crippen LogP contribution is -2.39. The van der Waals surface area contributed by atoms with Gasteiger partial charge in [-0.2, -0.15) is 0 Å². The summed E-state index contributed by atoms with van der Waals surface area (Å²) in [6.07, 6.45) is 4.68. The van der Waals surface area contributed by atoms with Gasteiger partial charge in [0.1, 0.15) is 11.3 Å². The number of benzene rings is 1. The first-order valence-corrected chi connectivity index (χ1v) is 8.84. The van der Waals surface area contributed by atoms with E-state index in [0.29, 0.717) is 30.0 Å². The van der Waals surface area contributed by atoms with Gasteiger partial charge in [-0.3, -0.25) is 13.9 Å². The minimum Gasteiger partial charge on any atom is -0.336 e. The number of fused-ring (bicyclic) bond motifs is 1. The summed E-state index contributed by atoms with van der Waals surface area (Å²) in [7, 11) is 1.67. The van der Waals surface area contributed by atoms with Crippen LogP contribution in [0.3, 0.4) is 0 Å². The molecule has 0 atom stereocenters. The van der Waals surface area contributed by atoms with Crippen LogP contribution in [0.25, 0.3) is 11.2 Å². The Hall–Kier alpha value is -2.63. The third kappa shape index (κ3) is 3.57. The average Bonchev–Trinajstić information content (AvgIpc) is 3.04. The number of rotatable bonds is 7. The van der Waals surface area contributed by atoms with Gasteiger partial charge in [-0.1, -0.05) is 56.5 Å². The fraction of sp³-hybridized carbons (Fsp3) is 0.421. The van der Waals surface area contributed by atoms with Crippen molar-refractivity contribution in [1.29, 1.82) is 0 Å². The van der Waals surface area contributed by atoms with E-state index >= 15 is 0 Å². The molecule has 0 unspecified atom stereocenters. The van der Waals surface area contributed by atoms with Crippen LogP contribution < -0.4 is 11.2 Å². The van der Waals surface area contributed by atoms with Crippen LogP contribution in [0.15, 0.2) is 39.9 Å². The SMILES string of the molecule is CCCCCCn1c(=O)c2[nH]c(Cc3ccccc3)nc2n(C)c1=O. The molecule has 0 spiro atoms. The van der Waals surface area contributed by atoms with Crippen molar-refractivity contribution < 1.29 is 0 Å². The molecular formula is C19H24N4O2. The number of unbranched alkanes of at least 4 members (excludes halogenated alkanes) is 3. The summed E-state index contributed by atoms with van der Waals surface area (Å²) < 4.78 is 2.78. The van der Waals surface area contributed by atoms with Crippen molar-refractivity contribution in [2.45, 2.75) is 45.6 Å². The van der Waals surface area contributed by atoms with Crippen LogP contribution in [0.1, 0.15) is 44.0 Å². The molecule has 25 heavy (non-hydrogen) atoms. The Morgan fingerprint density at radius 2 is 1.84 bits per heavy atom. The van der Waals surface area contributed by atoms with Crippen molar-refractivity contribution in [3.8, 4) is 0 Å².